The van der Waals surface area contributed by atoms with Gasteiger partial charge in [0, 0.05) is 40.3 Å². The minimum atomic E-state index is -1.65. The van der Waals surface area contributed by atoms with E-state index in [2.05, 4.69) is 36.9 Å². The first-order chi connectivity index (χ1) is 16.5. The zero-order valence-corrected chi connectivity index (χ0v) is 20.1. The Balaban J connectivity index is 4.93. The summed E-state index contributed by atoms with van der Waals surface area (Å²) in [5.41, 5.74) is 8.86. The first-order valence-electron chi connectivity index (χ1n) is 10.7. The lowest BCUT2D eigenvalue weighted by Crippen LogP contribution is -2.62. The van der Waals surface area contributed by atoms with E-state index in [9.17, 15) is 34.2 Å². The Morgan fingerprint density at radius 1 is 1.11 bits per heavy atom. The number of hydrazine groups is 1. The van der Waals surface area contributed by atoms with Gasteiger partial charge in [-0.25, -0.2) is 4.79 Å². The van der Waals surface area contributed by atoms with Crippen LogP contribution in [0.25, 0.3) is 0 Å². The molecule has 0 aliphatic carbocycles. The van der Waals surface area contributed by atoms with Gasteiger partial charge in [-0.3, -0.25) is 25.2 Å². The van der Waals surface area contributed by atoms with Gasteiger partial charge in [-0.1, -0.05) is 0 Å². The summed E-state index contributed by atoms with van der Waals surface area (Å²) in [4.78, 5) is 59.1. The molecule has 0 radical (unpaired) electrons. The highest BCUT2D eigenvalue weighted by Crippen LogP contribution is 1.99. The third-order valence-corrected chi connectivity index (χ3v) is 4.49. The zero-order valence-electron chi connectivity index (χ0n) is 20.1. The summed E-state index contributed by atoms with van der Waals surface area (Å²) in [6, 6.07) is -3.00. The summed E-state index contributed by atoms with van der Waals surface area (Å²) in [5, 5.41) is 29.0. The molecule has 16 heteroatoms. The standard InChI is InChI=1S/C19H37N7O9/c1-12(29)16(17(32)21-4-5-34-2)25-18(33)24-13(6-14(20)30)7-22-23-9-19(10-27,11-28)26-15(31)8-35-3/h10,12-13,16,22-23,28-29H,4-9,11H2,1-3H3,(H2,20,30)(H,21,32)(H,26,31)(H2,24,25,33)/t12?,13-,16-,19?/m0/s1. The van der Waals surface area contributed by atoms with Gasteiger partial charge < -0.3 is 51.5 Å². The van der Waals surface area contributed by atoms with Crippen molar-refractivity contribution < 1.29 is 43.7 Å². The maximum Gasteiger partial charge on any atom is 0.315 e. The van der Waals surface area contributed by atoms with Crippen molar-refractivity contribution in [1.29, 1.82) is 0 Å². The van der Waals surface area contributed by atoms with Gasteiger partial charge in [0.05, 0.1) is 25.4 Å². The van der Waals surface area contributed by atoms with Crippen molar-refractivity contribution in [1.82, 2.24) is 32.1 Å². The smallest absolute Gasteiger partial charge is 0.315 e. The number of aliphatic hydroxyl groups is 2. The quantitative estimate of drug-likeness (QED) is 0.0454. The molecule has 10 N–H and O–H groups in total. The molecule has 35 heavy (non-hydrogen) atoms. The molecule has 0 bridgehead atoms. The number of aldehydes is 1. The van der Waals surface area contributed by atoms with Crippen molar-refractivity contribution in [3.8, 4) is 0 Å². The molecule has 202 valence electrons. The van der Waals surface area contributed by atoms with E-state index >= 15 is 0 Å². The highest BCUT2D eigenvalue weighted by atomic mass is 16.5. The molecule has 0 aromatic rings. The lowest BCUT2D eigenvalue weighted by atomic mass is 10.0. The van der Waals surface area contributed by atoms with E-state index in [-0.39, 0.29) is 39.3 Å². The Morgan fingerprint density at radius 3 is 2.31 bits per heavy atom. The summed E-state index contributed by atoms with van der Waals surface area (Å²) in [6.45, 7) is 0.371. The van der Waals surface area contributed by atoms with E-state index in [1.54, 1.807) is 0 Å². The van der Waals surface area contributed by atoms with Gasteiger partial charge in [0.25, 0.3) is 0 Å². The number of nitrogens with one attached hydrogen (secondary N) is 6. The molecule has 0 rings (SSSR count). The Morgan fingerprint density at radius 2 is 1.80 bits per heavy atom. The van der Waals surface area contributed by atoms with Gasteiger partial charge in [0.1, 0.15) is 24.5 Å². The van der Waals surface area contributed by atoms with Crippen LogP contribution < -0.4 is 37.9 Å². The molecule has 16 nitrogen and oxygen atoms in total. The predicted octanol–water partition coefficient (Wildman–Crippen LogP) is -5.17. The van der Waals surface area contributed by atoms with Crippen LogP contribution in [0.3, 0.4) is 0 Å². The maximum atomic E-state index is 12.4. The van der Waals surface area contributed by atoms with Crippen LogP contribution in [0.15, 0.2) is 0 Å². The van der Waals surface area contributed by atoms with Crippen LogP contribution in [-0.4, -0.2) is 118 Å². The lowest BCUT2D eigenvalue weighted by molar-refractivity contribution is -0.130. The number of methoxy groups -OCH3 is 2. The van der Waals surface area contributed by atoms with Crippen molar-refractivity contribution in [3.05, 3.63) is 0 Å². The Bertz CT molecular complexity index is 696. The highest BCUT2D eigenvalue weighted by molar-refractivity contribution is 5.88. The SMILES string of the molecule is COCCNC(=O)[C@@H](NC(=O)N[C@H](CNNCC(C=O)(CO)NC(=O)COC)CC(N)=O)C(C)O. The summed E-state index contributed by atoms with van der Waals surface area (Å²) in [7, 11) is 2.74. The van der Waals surface area contributed by atoms with Crippen LogP contribution in [0, 0.1) is 0 Å². The second-order valence-electron chi connectivity index (χ2n) is 7.64. The van der Waals surface area contributed by atoms with Crippen molar-refractivity contribution in [2.24, 2.45) is 5.73 Å². The molecular weight excluding hydrogens is 470 g/mol. The number of aliphatic hydroxyl groups excluding tert-OH is 2. The van der Waals surface area contributed by atoms with Crippen LogP contribution in [0.4, 0.5) is 4.79 Å². The minimum absolute atomic E-state index is 0.0812. The monoisotopic (exact) mass is 507 g/mol. The number of urea groups is 1. The van der Waals surface area contributed by atoms with Crippen LogP contribution in [0.2, 0.25) is 0 Å². The second-order valence-corrected chi connectivity index (χ2v) is 7.64. The summed E-state index contributed by atoms with van der Waals surface area (Å²) in [5.74, 6) is -1.99. The fraction of sp³-hybridized carbons (Fsp3) is 0.737. The van der Waals surface area contributed by atoms with Gasteiger partial charge in [-0.05, 0) is 6.92 Å². The number of primary amides is 1. The third kappa shape index (κ3) is 13.5. The fourth-order valence-corrected chi connectivity index (χ4v) is 2.69. The van der Waals surface area contributed by atoms with Crippen molar-refractivity contribution in [2.45, 2.75) is 37.1 Å². The Kier molecular flexibility index (Phi) is 16.1. The van der Waals surface area contributed by atoms with Gasteiger partial charge in [0.2, 0.25) is 17.7 Å². The average molecular weight is 508 g/mol. The normalized spacial score (nSPS) is 15.1. The zero-order chi connectivity index (χ0) is 26.9. The topological polar surface area (TPSA) is 242 Å². The molecule has 5 amide bonds. The molecule has 0 heterocycles. The molecule has 0 fully saturated rings. The summed E-state index contributed by atoms with van der Waals surface area (Å²) in [6.07, 6.45) is -1.15. The number of ether oxygens (including phenoxy) is 2. The van der Waals surface area contributed by atoms with E-state index in [0.717, 1.165) is 0 Å². The van der Waals surface area contributed by atoms with Gasteiger partial charge in [-0.15, -0.1) is 0 Å². The van der Waals surface area contributed by atoms with E-state index in [0.29, 0.717) is 6.29 Å². The van der Waals surface area contributed by atoms with Gasteiger partial charge >= 0.3 is 6.03 Å². The van der Waals surface area contributed by atoms with Crippen molar-refractivity contribution in [2.75, 3.05) is 53.7 Å². The third-order valence-electron chi connectivity index (χ3n) is 4.49. The van der Waals surface area contributed by atoms with Gasteiger partial charge in [0.15, 0.2) is 0 Å². The molecule has 0 saturated carbocycles. The number of hydrogen-bond donors (Lipinski definition) is 9. The first-order valence-corrected chi connectivity index (χ1v) is 10.7. The largest absolute Gasteiger partial charge is 0.393 e. The first kappa shape index (κ1) is 32.1. The summed E-state index contributed by atoms with van der Waals surface area (Å²) < 4.78 is 9.49. The average Bonchev–Trinajstić information content (AvgIpc) is 2.79. The fourth-order valence-electron chi connectivity index (χ4n) is 2.69. The number of carbonyl (C=O) groups excluding carboxylic acids is 5. The highest BCUT2D eigenvalue weighted by Gasteiger charge is 2.31. The van der Waals surface area contributed by atoms with Crippen LogP contribution in [-0.2, 0) is 28.7 Å². The minimum Gasteiger partial charge on any atom is -0.393 e. The molecule has 0 aromatic carbocycles. The van der Waals surface area contributed by atoms with E-state index in [4.69, 9.17) is 10.5 Å². The number of amides is 5. The molecular formula is C19H37N7O9. The molecule has 2 unspecified atom stereocenters. The van der Waals surface area contributed by atoms with Crippen LogP contribution >= 0.6 is 0 Å². The Labute approximate surface area is 203 Å². The van der Waals surface area contributed by atoms with E-state index in [1.807, 2.05) is 0 Å². The molecule has 0 saturated heterocycles. The molecule has 0 spiro atoms. The predicted molar refractivity (Wildman–Crippen MR) is 122 cm³/mol. The lowest BCUT2D eigenvalue weighted by Gasteiger charge is -2.28. The van der Waals surface area contributed by atoms with E-state index in [1.165, 1.54) is 21.1 Å². The summed E-state index contributed by atoms with van der Waals surface area (Å²) >= 11 is 0. The number of carbonyl (C=O) groups is 5. The maximum absolute atomic E-state index is 12.4. The van der Waals surface area contributed by atoms with Gasteiger partial charge in [-0.2, -0.15) is 0 Å². The van der Waals surface area contributed by atoms with Crippen LogP contribution in [0.1, 0.15) is 13.3 Å². The molecule has 0 aliphatic rings. The van der Waals surface area contributed by atoms with E-state index < -0.39 is 54.1 Å². The van der Waals surface area contributed by atoms with Crippen molar-refractivity contribution >= 4 is 30.0 Å². The molecule has 0 aromatic heterocycles. The Hall–Kier alpha value is -2.89. The number of rotatable bonds is 19. The molecule has 4 atom stereocenters. The van der Waals surface area contributed by atoms with Crippen LogP contribution in [0.5, 0.6) is 0 Å². The van der Waals surface area contributed by atoms with Crippen molar-refractivity contribution in [3.63, 3.8) is 0 Å². The number of hydrogen-bond acceptors (Lipinski definition) is 11. The molecule has 0 aliphatic heterocycles. The second kappa shape index (κ2) is 17.5. The number of nitrogens with two attached hydrogens (primary N) is 1.